The standard InChI is InChI=1S/C23H37BrO2/c1-4-23(26)12-11-21(2)15(13-23)5-6-16-17-7-8-19(20(25)14-24)22(17,3)10-9-18(16)21/h15-19,26H,4-14H2,1-3H3/t15-,16-,17-,18-,19+,21-,22-,23+/m0/s1. The zero-order valence-corrected chi connectivity index (χ0v) is 18.5. The van der Waals surface area contributed by atoms with E-state index in [0.29, 0.717) is 22.4 Å². The molecule has 4 fully saturated rings. The van der Waals surface area contributed by atoms with Crippen LogP contribution < -0.4 is 0 Å². The molecule has 0 saturated heterocycles. The van der Waals surface area contributed by atoms with Crippen LogP contribution in [0.3, 0.4) is 0 Å². The Labute approximate surface area is 168 Å². The number of carbonyl (C=O) groups is 1. The van der Waals surface area contributed by atoms with Crippen LogP contribution in [0.25, 0.3) is 0 Å². The summed E-state index contributed by atoms with van der Waals surface area (Å²) in [4.78, 5) is 12.6. The van der Waals surface area contributed by atoms with Gasteiger partial charge in [-0.25, -0.2) is 0 Å². The van der Waals surface area contributed by atoms with E-state index >= 15 is 0 Å². The Bertz CT molecular complexity index is 577. The molecule has 0 bridgehead atoms. The summed E-state index contributed by atoms with van der Waals surface area (Å²) in [5, 5.41) is 11.4. The summed E-state index contributed by atoms with van der Waals surface area (Å²) in [6.45, 7) is 7.15. The highest BCUT2D eigenvalue weighted by atomic mass is 79.9. The molecule has 0 aromatic heterocycles. The molecule has 4 rings (SSSR count). The van der Waals surface area contributed by atoms with Crippen LogP contribution in [-0.4, -0.2) is 21.8 Å². The van der Waals surface area contributed by atoms with Gasteiger partial charge < -0.3 is 5.11 Å². The van der Waals surface area contributed by atoms with Gasteiger partial charge in [-0.2, -0.15) is 0 Å². The van der Waals surface area contributed by atoms with E-state index in [2.05, 4.69) is 36.7 Å². The average Bonchev–Trinajstić information content (AvgIpc) is 2.99. The lowest BCUT2D eigenvalue weighted by Gasteiger charge is -2.62. The van der Waals surface area contributed by atoms with Gasteiger partial charge in [0.1, 0.15) is 5.78 Å². The maximum atomic E-state index is 12.6. The molecule has 3 heteroatoms. The molecule has 0 aliphatic heterocycles. The fraction of sp³-hybridized carbons (Fsp3) is 0.957. The van der Waals surface area contributed by atoms with Crippen molar-refractivity contribution in [2.45, 2.75) is 90.6 Å². The normalized spacial score (nSPS) is 53.5. The van der Waals surface area contributed by atoms with Crippen LogP contribution in [0.5, 0.6) is 0 Å². The number of carbonyl (C=O) groups excluding carboxylic acids is 1. The number of alkyl halides is 1. The Kier molecular flexibility index (Phi) is 4.91. The van der Waals surface area contributed by atoms with E-state index in [1.165, 1.54) is 38.5 Å². The van der Waals surface area contributed by atoms with Gasteiger partial charge in [0, 0.05) is 5.92 Å². The van der Waals surface area contributed by atoms with Gasteiger partial charge in [-0.15, -0.1) is 0 Å². The molecule has 0 aromatic carbocycles. The Balaban J connectivity index is 1.58. The summed E-state index contributed by atoms with van der Waals surface area (Å²) >= 11 is 3.43. The van der Waals surface area contributed by atoms with Crippen molar-refractivity contribution < 1.29 is 9.90 Å². The van der Waals surface area contributed by atoms with Gasteiger partial charge >= 0.3 is 0 Å². The molecule has 4 aliphatic rings. The van der Waals surface area contributed by atoms with Crippen LogP contribution in [0, 0.1) is 40.4 Å². The molecular weight excluding hydrogens is 388 g/mol. The zero-order chi connectivity index (χ0) is 18.7. The van der Waals surface area contributed by atoms with Crippen LogP contribution in [0.2, 0.25) is 0 Å². The van der Waals surface area contributed by atoms with E-state index in [9.17, 15) is 9.90 Å². The lowest BCUT2D eigenvalue weighted by molar-refractivity contribution is -0.154. The third kappa shape index (κ3) is 2.70. The minimum atomic E-state index is -0.402. The summed E-state index contributed by atoms with van der Waals surface area (Å²) in [6, 6.07) is 0. The SMILES string of the molecule is CC[C@@]1(O)CC[C@@]2(C)[C@@H](CC[C@@H]3[C@@H]2CC[C@]2(C)[C@@H](C(=O)CBr)CC[C@@H]32)C1. The first-order chi connectivity index (χ1) is 12.3. The molecular formula is C23H37BrO2. The van der Waals surface area contributed by atoms with Crippen molar-refractivity contribution in [3.8, 4) is 0 Å². The van der Waals surface area contributed by atoms with Gasteiger partial charge in [-0.05, 0) is 98.7 Å². The van der Waals surface area contributed by atoms with Gasteiger partial charge in [-0.3, -0.25) is 4.79 Å². The van der Waals surface area contributed by atoms with Crippen molar-refractivity contribution in [1.82, 2.24) is 0 Å². The number of Topliss-reactive ketones (excluding diaryl/α,β-unsaturated/α-hetero) is 1. The molecule has 0 unspecified atom stereocenters. The summed E-state index contributed by atoms with van der Waals surface area (Å²) < 4.78 is 0. The monoisotopic (exact) mass is 424 g/mol. The zero-order valence-electron chi connectivity index (χ0n) is 16.9. The van der Waals surface area contributed by atoms with Crippen molar-refractivity contribution in [2.24, 2.45) is 40.4 Å². The maximum Gasteiger partial charge on any atom is 0.147 e. The minimum Gasteiger partial charge on any atom is -0.390 e. The summed E-state index contributed by atoms with van der Waals surface area (Å²) in [7, 11) is 0. The van der Waals surface area contributed by atoms with Crippen LogP contribution in [-0.2, 0) is 4.79 Å². The topological polar surface area (TPSA) is 37.3 Å². The predicted molar refractivity (Wildman–Crippen MR) is 109 cm³/mol. The first-order valence-electron chi connectivity index (χ1n) is 11.1. The maximum absolute atomic E-state index is 12.6. The first-order valence-corrected chi connectivity index (χ1v) is 12.2. The predicted octanol–water partition coefficient (Wildman–Crippen LogP) is 5.75. The fourth-order valence-electron chi connectivity index (χ4n) is 8.27. The van der Waals surface area contributed by atoms with Gasteiger partial charge in [-0.1, -0.05) is 36.7 Å². The summed E-state index contributed by atoms with van der Waals surface area (Å²) in [6.07, 6.45) is 11.7. The van der Waals surface area contributed by atoms with Crippen LogP contribution in [0.15, 0.2) is 0 Å². The number of ketones is 1. The lowest BCUT2D eigenvalue weighted by atomic mass is 9.43. The van der Waals surface area contributed by atoms with Crippen LogP contribution in [0.4, 0.5) is 0 Å². The number of hydrogen-bond donors (Lipinski definition) is 1. The lowest BCUT2D eigenvalue weighted by Crippen LogP contribution is -2.56. The van der Waals surface area contributed by atoms with E-state index in [0.717, 1.165) is 43.4 Å². The minimum absolute atomic E-state index is 0.244. The molecule has 1 N–H and O–H groups in total. The van der Waals surface area contributed by atoms with Crippen molar-refractivity contribution in [3.63, 3.8) is 0 Å². The highest BCUT2D eigenvalue weighted by Gasteiger charge is 2.61. The average molecular weight is 425 g/mol. The molecule has 0 radical (unpaired) electrons. The molecule has 0 amide bonds. The molecule has 148 valence electrons. The number of hydrogen-bond acceptors (Lipinski definition) is 2. The fourth-order valence-corrected chi connectivity index (χ4v) is 8.66. The van der Waals surface area contributed by atoms with E-state index in [4.69, 9.17) is 0 Å². The number of rotatable bonds is 3. The number of fused-ring (bicyclic) bond motifs is 5. The highest BCUT2D eigenvalue weighted by Crippen LogP contribution is 2.68. The highest BCUT2D eigenvalue weighted by molar-refractivity contribution is 9.09. The van der Waals surface area contributed by atoms with E-state index in [1.807, 2.05) is 0 Å². The van der Waals surface area contributed by atoms with Gasteiger partial charge in [0.15, 0.2) is 0 Å². The van der Waals surface area contributed by atoms with Crippen molar-refractivity contribution >= 4 is 21.7 Å². The first kappa shape index (κ1) is 19.4. The quantitative estimate of drug-likeness (QED) is 0.585. The second-order valence-corrected chi connectivity index (χ2v) is 11.3. The van der Waals surface area contributed by atoms with Crippen LogP contribution >= 0.6 is 15.9 Å². The van der Waals surface area contributed by atoms with E-state index in [1.54, 1.807) is 0 Å². The molecule has 4 saturated carbocycles. The number of halogens is 1. The van der Waals surface area contributed by atoms with E-state index in [-0.39, 0.29) is 11.3 Å². The summed E-state index contributed by atoms with van der Waals surface area (Å²) in [5.41, 5.74) is 0.262. The van der Waals surface area contributed by atoms with Crippen molar-refractivity contribution in [3.05, 3.63) is 0 Å². The Morgan fingerprint density at radius 3 is 2.42 bits per heavy atom. The van der Waals surface area contributed by atoms with Crippen molar-refractivity contribution in [2.75, 3.05) is 5.33 Å². The van der Waals surface area contributed by atoms with Gasteiger partial charge in [0.05, 0.1) is 10.9 Å². The Hall–Kier alpha value is 0.110. The van der Waals surface area contributed by atoms with Crippen molar-refractivity contribution in [1.29, 1.82) is 0 Å². The van der Waals surface area contributed by atoms with Crippen LogP contribution in [0.1, 0.15) is 85.0 Å². The Morgan fingerprint density at radius 2 is 1.73 bits per heavy atom. The molecule has 0 heterocycles. The second-order valence-electron chi connectivity index (χ2n) is 10.7. The summed E-state index contributed by atoms with van der Waals surface area (Å²) in [5.74, 6) is 3.82. The molecule has 26 heavy (non-hydrogen) atoms. The molecule has 4 aliphatic carbocycles. The smallest absolute Gasteiger partial charge is 0.147 e. The van der Waals surface area contributed by atoms with E-state index < -0.39 is 5.60 Å². The second kappa shape index (κ2) is 6.58. The molecule has 0 aromatic rings. The Morgan fingerprint density at radius 1 is 1.00 bits per heavy atom. The van der Waals surface area contributed by atoms with Gasteiger partial charge in [0.25, 0.3) is 0 Å². The molecule has 2 nitrogen and oxygen atoms in total. The third-order valence-corrected chi connectivity index (χ3v) is 10.6. The third-order valence-electron chi connectivity index (χ3n) is 10.00. The molecule has 8 atom stereocenters. The number of aliphatic hydroxyl groups is 1. The van der Waals surface area contributed by atoms with Gasteiger partial charge in [0.2, 0.25) is 0 Å². The molecule has 0 spiro atoms. The largest absolute Gasteiger partial charge is 0.390 e.